The van der Waals surface area contributed by atoms with Gasteiger partial charge in [-0.1, -0.05) is 0 Å². The molecule has 2 aromatic rings. The zero-order chi connectivity index (χ0) is 11.5. The van der Waals surface area contributed by atoms with Crippen LogP contribution in [0.15, 0.2) is 30.6 Å². The fraction of sp³-hybridized carbons (Fsp3) is 0.100. The van der Waals surface area contributed by atoms with E-state index in [1.165, 1.54) is 6.20 Å². The number of carbonyl (C=O) groups is 1. The predicted molar refractivity (Wildman–Crippen MR) is 59.8 cm³/mol. The van der Waals surface area contributed by atoms with Crippen molar-refractivity contribution in [3.8, 4) is 0 Å². The topological polar surface area (TPSA) is 85.8 Å². The van der Waals surface area contributed by atoms with Gasteiger partial charge in [-0.05, 0) is 18.2 Å². The number of nitrogens with two attached hydrogens (primary N) is 1. The van der Waals surface area contributed by atoms with E-state index < -0.39 is 0 Å². The Kier molecular flexibility index (Phi) is 2.55. The molecular formula is C10H11N5O. The zero-order valence-electron chi connectivity index (χ0n) is 8.71. The minimum absolute atomic E-state index is 0.271. The summed E-state index contributed by atoms with van der Waals surface area (Å²) in [6.45, 7) is 0. The molecular weight excluding hydrogens is 206 g/mol. The van der Waals surface area contributed by atoms with Crippen LogP contribution >= 0.6 is 0 Å². The summed E-state index contributed by atoms with van der Waals surface area (Å²) in [7, 11) is 1.75. The first kappa shape index (κ1) is 10.2. The fourth-order valence-electron chi connectivity index (χ4n) is 1.21. The lowest BCUT2D eigenvalue weighted by Gasteiger charge is -2.02. The van der Waals surface area contributed by atoms with E-state index in [1.807, 2.05) is 0 Å². The normalized spacial score (nSPS) is 10.1. The van der Waals surface area contributed by atoms with Crippen molar-refractivity contribution < 1.29 is 4.79 Å². The molecule has 0 aliphatic heterocycles. The summed E-state index contributed by atoms with van der Waals surface area (Å²) in [5, 5.41) is 6.65. The smallest absolute Gasteiger partial charge is 0.276 e. The third-order valence-electron chi connectivity index (χ3n) is 1.99. The highest BCUT2D eigenvalue weighted by molar-refractivity contribution is 6.02. The van der Waals surface area contributed by atoms with E-state index in [1.54, 1.807) is 36.1 Å². The van der Waals surface area contributed by atoms with Crippen molar-refractivity contribution >= 4 is 17.4 Å². The Morgan fingerprint density at radius 3 is 2.81 bits per heavy atom. The number of carbonyl (C=O) groups excluding carboxylic acids is 1. The summed E-state index contributed by atoms with van der Waals surface area (Å²) in [6.07, 6.45) is 3.20. The van der Waals surface area contributed by atoms with Crippen molar-refractivity contribution in [1.29, 1.82) is 0 Å². The van der Waals surface area contributed by atoms with Crippen LogP contribution in [0.1, 0.15) is 10.5 Å². The third kappa shape index (κ3) is 2.17. The quantitative estimate of drug-likeness (QED) is 0.773. The number of hydrogen-bond donors (Lipinski definition) is 2. The lowest BCUT2D eigenvalue weighted by atomic mass is 10.3. The standard InChI is InChI=1S/C10H11N5O/c1-15-5-4-8(14-15)10(16)13-7-2-3-9(11)12-6-7/h2-6H,1H3,(H2,11,12)(H,13,16). The fourth-order valence-corrected chi connectivity index (χ4v) is 1.21. The molecule has 3 N–H and O–H groups in total. The highest BCUT2D eigenvalue weighted by Gasteiger charge is 2.08. The number of hydrogen-bond acceptors (Lipinski definition) is 4. The lowest BCUT2D eigenvalue weighted by molar-refractivity contribution is 0.102. The van der Waals surface area contributed by atoms with E-state index in [9.17, 15) is 4.79 Å². The number of aromatic nitrogens is 3. The zero-order valence-corrected chi connectivity index (χ0v) is 8.71. The molecule has 0 saturated carbocycles. The maximum Gasteiger partial charge on any atom is 0.276 e. The molecule has 0 bridgehead atoms. The van der Waals surface area contributed by atoms with Crippen LogP contribution in [-0.2, 0) is 7.05 Å². The second-order valence-electron chi connectivity index (χ2n) is 3.30. The third-order valence-corrected chi connectivity index (χ3v) is 1.99. The number of anilines is 2. The van der Waals surface area contributed by atoms with Crippen molar-refractivity contribution in [2.24, 2.45) is 7.05 Å². The average Bonchev–Trinajstić information content (AvgIpc) is 2.68. The van der Waals surface area contributed by atoms with Gasteiger partial charge in [0.25, 0.3) is 5.91 Å². The van der Waals surface area contributed by atoms with E-state index in [0.717, 1.165) is 0 Å². The Balaban J connectivity index is 2.10. The van der Waals surface area contributed by atoms with E-state index >= 15 is 0 Å². The molecule has 0 atom stereocenters. The van der Waals surface area contributed by atoms with Gasteiger partial charge in [-0.25, -0.2) is 4.98 Å². The number of nitrogens with one attached hydrogen (secondary N) is 1. The van der Waals surface area contributed by atoms with Crippen LogP contribution in [0, 0.1) is 0 Å². The van der Waals surface area contributed by atoms with Gasteiger partial charge in [0.1, 0.15) is 5.82 Å². The van der Waals surface area contributed by atoms with Crippen LogP contribution in [0.4, 0.5) is 11.5 Å². The first-order chi connectivity index (χ1) is 7.65. The van der Waals surface area contributed by atoms with Crippen molar-refractivity contribution in [3.63, 3.8) is 0 Å². The summed E-state index contributed by atoms with van der Waals surface area (Å²) < 4.78 is 1.57. The van der Waals surface area contributed by atoms with Gasteiger partial charge in [0, 0.05) is 13.2 Å². The molecule has 6 heteroatoms. The molecule has 1 amide bonds. The van der Waals surface area contributed by atoms with Crippen molar-refractivity contribution in [2.75, 3.05) is 11.1 Å². The Labute approximate surface area is 92.1 Å². The van der Waals surface area contributed by atoms with E-state index in [4.69, 9.17) is 5.73 Å². The molecule has 2 heterocycles. The molecule has 0 aliphatic carbocycles. The highest BCUT2D eigenvalue weighted by Crippen LogP contribution is 2.08. The van der Waals surface area contributed by atoms with Crippen LogP contribution in [0.3, 0.4) is 0 Å². The number of amides is 1. The molecule has 6 nitrogen and oxygen atoms in total. The van der Waals surface area contributed by atoms with Gasteiger partial charge < -0.3 is 11.1 Å². The maximum absolute atomic E-state index is 11.7. The van der Waals surface area contributed by atoms with Gasteiger partial charge in [-0.2, -0.15) is 5.10 Å². The van der Waals surface area contributed by atoms with Gasteiger partial charge in [0.05, 0.1) is 11.9 Å². The summed E-state index contributed by atoms with van der Waals surface area (Å²) in [4.78, 5) is 15.5. The maximum atomic E-state index is 11.7. The van der Waals surface area contributed by atoms with Gasteiger partial charge in [-0.3, -0.25) is 9.48 Å². The van der Waals surface area contributed by atoms with Crippen molar-refractivity contribution in [1.82, 2.24) is 14.8 Å². The predicted octanol–water partition coefficient (Wildman–Crippen LogP) is 0.650. The summed E-state index contributed by atoms with van der Waals surface area (Å²) in [5.41, 5.74) is 6.38. The van der Waals surface area contributed by atoms with Crippen molar-refractivity contribution in [3.05, 3.63) is 36.3 Å². The van der Waals surface area contributed by atoms with Crippen LogP contribution in [0.25, 0.3) is 0 Å². The Hall–Kier alpha value is -2.37. The summed E-state index contributed by atoms with van der Waals surface area (Å²) in [5.74, 6) is 0.142. The molecule has 82 valence electrons. The molecule has 0 saturated heterocycles. The Morgan fingerprint density at radius 1 is 1.44 bits per heavy atom. The second-order valence-corrected chi connectivity index (χ2v) is 3.30. The SMILES string of the molecule is Cn1ccc(C(=O)Nc2ccc(N)nc2)n1. The molecule has 0 radical (unpaired) electrons. The molecule has 0 unspecified atom stereocenters. The Morgan fingerprint density at radius 2 is 2.25 bits per heavy atom. The molecule has 16 heavy (non-hydrogen) atoms. The van der Waals surface area contributed by atoms with Gasteiger partial charge in [-0.15, -0.1) is 0 Å². The highest BCUT2D eigenvalue weighted by atomic mass is 16.1. The number of nitrogen functional groups attached to an aromatic ring is 1. The van der Waals surface area contributed by atoms with Gasteiger partial charge >= 0.3 is 0 Å². The second kappa shape index (κ2) is 4.01. The van der Waals surface area contributed by atoms with Gasteiger partial charge in [0.15, 0.2) is 5.69 Å². The van der Waals surface area contributed by atoms with Crippen LogP contribution < -0.4 is 11.1 Å². The number of nitrogens with zero attached hydrogens (tertiary/aromatic N) is 3. The van der Waals surface area contributed by atoms with Crippen LogP contribution in [-0.4, -0.2) is 20.7 Å². The van der Waals surface area contributed by atoms with Crippen molar-refractivity contribution in [2.45, 2.75) is 0 Å². The molecule has 2 aromatic heterocycles. The number of aryl methyl sites for hydroxylation is 1. The largest absolute Gasteiger partial charge is 0.384 e. The minimum Gasteiger partial charge on any atom is -0.384 e. The molecule has 0 aromatic carbocycles. The number of rotatable bonds is 2. The van der Waals surface area contributed by atoms with Gasteiger partial charge in [0.2, 0.25) is 0 Å². The lowest BCUT2D eigenvalue weighted by Crippen LogP contribution is -2.13. The molecule has 0 spiro atoms. The number of pyridine rings is 1. The first-order valence-corrected chi connectivity index (χ1v) is 4.67. The summed E-state index contributed by atoms with van der Waals surface area (Å²) >= 11 is 0. The minimum atomic E-state index is -0.271. The first-order valence-electron chi connectivity index (χ1n) is 4.67. The summed E-state index contributed by atoms with van der Waals surface area (Å²) in [6, 6.07) is 4.94. The average molecular weight is 217 g/mol. The van der Waals surface area contributed by atoms with E-state index in [2.05, 4.69) is 15.4 Å². The molecule has 0 fully saturated rings. The van der Waals surface area contributed by atoms with Crippen LogP contribution in [0.2, 0.25) is 0 Å². The Bertz CT molecular complexity index is 502. The van der Waals surface area contributed by atoms with Crippen LogP contribution in [0.5, 0.6) is 0 Å². The van der Waals surface area contributed by atoms with E-state index in [0.29, 0.717) is 17.2 Å². The molecule has 2 rings (SSSR count). The van der Waals surface area contributed by atoms with E-state index in [-0.39, 0.29) is 5.91 Å². The molecule has 0 aliphatic rings. The monoisotopic (exact) mass is 217 g/mol.